The molecule has 0 unspecified atom stereocenters. The van der Waals surface area contributed by atoms with E-state index in [0.29, 0.717) is 17.7 Å². The summed E-state index contributed by atoms with van der Waals surface area (Å²) in [5.74, 6) is -0.109. The van der Waals surface area contributed by atoms with Crippen LogP contribution in [0.4, 0.5) is 0 Å². The van der Waals surface area contributed by atoms with Crippen LogP contribution in [-0.4, -0.2) is 11.7 Å². The van der Waals surface area contributed by atoms with Gasteiger partial charge in [-0.2, -0.15) is 0 Å². The van der Waals surface area contributed by atoms with Crippen molar-refractivity contribution in [2.45, 2.75) is 18.4 Å². The standard InChI is InChI=1S/C22H22N4OS/c1-14-12-17(28-25)10-11-18(14)19-4-2-3-5-20(19)22(27)26-13-15-6-8-16(9-7-15)21(23)24/h2-12H,13,25H2,1H3,(H3,23,24)(H,26,27). The molecule has 0 spiro atoms. The lowest BCUT2D eigenvalue weighted by Gasteiger charge is -2.13. The number of carbonyl (C=O) groups is 1. The van der Waals surface area contributed by atoms with E-state index in [4.69, 9.17) is 16.3 Å². The Morgan fingerprint density at radius 1 is 1.04 bits per heavy atom. The molecule has 3 aromatic rings. The van der Waals surface area contributed by atoms with Crippen LogP contribution in [0.25, 0.3) is 11.1 Å². The number of nitrogens with two attached hydrogens (primary N) is 2. The highest BCUT2D eigenvalue weighted by molar-refractivity contribution is 7.97. The Morgan fingerprint density at radius 2 is 1.75 bits per heavy atom. The molecule has 142 valence electrons. The molecule has 0 bridgehead atoms. The van der Waals surface area contributed by atoms with E-state index in [0.717, 1.165) is 27.1 Å². The fourth-order valence-corrected chi connectivity index (χ4v) is 3.40. The fraction of sp³-hybridized carbons (Fsp3) is 0.0909. The van der Waals surface area contributed by atoms with Crippen molar-refractivity contribution in [3.8, 4) is 11.1 Å². The highest BCUT2D eigenvalue weighted by Gasteiger charge is 2.14. The van der Waals surface area contributed by atoms with Crippen LogP contribution in [0.3, 0.4) is 0 Å². The molecule has 0 saturated carbocycles. The van der Waals surface area contributed by atoms with Gasteiger partial charge in [0.1, 0.15) is 5.84 Å². The summed E-state index contributed by atoms with van der Waals surface area (Å²) < 4.78 is 0. The third-order valence-corrected chi connectivity index (χ3v) is 5.04. The van der Waals surface area contributed by atoms with Gasteiger partial charge in [-0.15, -0.1) is 0 Å². The molecule has 3 aromatic carbocycles. The van der Waals surface area contributed by atoms with Crippen LogP contribution in [0.5, 0.6) is 0 Å². The number of hydrogen-bond donors (Lipinski definition) is 4. The summed E-state index contributed by atoms with van der Waals surface area (Å²) in [7, 11) is 0. The zero-order valence-electron chi connectivity index (χ0n) is 15.5. The number of rotatable bonds is 6. The Balaban J connectivity index is 1.80. The molecule has 0 aliphatic rings. The molecule has 6 heteroatoms. The average molecular weight is 391 g/mol. The molecule has 0 heterocycles. The molecular formula is C22H22N4OS. The maximum atomic E-state index is 12.8. The van der Waals surface area contributed by atoms with Gasteiger partial charge in [0.05, 0.1) is 0 Å². The molecule has 0 radical (unpaired) electrons. The van der Waals surface area contributed by atoms with Gasteiger partial charge in [0.25, 0.3) is 5.91 Å². The van der Waals surface area contributed by atoms with Crippen LogP contribution in [-0.2, 0) is 6.54 Å². The van der Waals surface area contributed by atoms with Crippen molar-refractivity contribution in [3.05, 3.63) is 89.0 Å². The van der Waals surface area contributed by atoms with Crippen molar-refractivity contribution in [3.63, 3.8) is 0 Å². The Morgan fingerprint density at radius 3 is 2.39 bits per heavy atom. The number of aryl methyl sites for hydroxylation is 1. The SMILES string of the molecule is Cc1cc(SN)ccc1-c1ccccc1C(=O)NCc1ccc(C(=N)N)cc1. The van der Waals surface area contributed by atoms with Crippen LogP contribution in [0.15, 0.2) is 71.6 Å². The van der Waals surface area contributed by atoms with Gasteiger partial charge in [0.15, 0.2) is 0 Å². The molecule has 0 aromatic heterocycles. The molecule has 0 saturated heterocycles. The fourth-order valence-electron chi connectivity index (χ4n) is 3.01. The van der Waals surface area contributed by atoms with Crippen molar-refractivity contribution in [2.24, 2.45) is 10.9 Å². The number of hydrogen-bond acceptors (Lipinski definition) is 4. The summed E-state index contributed by atoms with van der Waals surface area (Å²) in [6.45, 7) is 2.41. The summed E-state index contributed by atoms with van der Waals surface area (Å²) in [5, 5.41) is 16.0. The molecule has 6 N–H and O–H groups in total. The van der Waals surface area contributed by atoms with E-state index in [1.165, 1.54) is 11.9 Å². The topological polar surface area (TPSA) is 105 Å². The highest BCUT2D eigenvalue weighted by Crippen LogP contribution is 2.29. The normalized spacial score (nSPS) is 10.5. The quantitative estimate of drug-likeness (QED) is 0.291. The molecule has 5 nitrogen and oxygen atoms in total. The lowest BCUT2D eigenvalue weighted by Crippen LogP contribution is -2.23. The molecule has 0 aliphatic carbocycles. The van der Waals surface area contributed by atoms with Gasteiger partial charge in [-0.1, -0.05) is 48.5 Å². The predicted molar refractivity (Wildman–Crippen MR) is 115 cm³/mol. The predicted octanol–water partition coefficient (Wildman–Crippen LogP) is 3.84. The average Bonchev–Trinajstić information content (AvgIpc) is 2.72. The minimum atomic E-state index is -0.136. The lowest BCUT2D eigenvalue weighted by atomic mass is 9.95. The number of benzene rings is 3. The first-order chi connectivity index (χ1) is 13.5. The van der Waals surface area contributed by atoms with Gasteiger partial charge >= 0.3 is 0 Å². The van der Waals surface area contributed by atoms with E-state index in [1.807, 2.05) is 61.5 Å². The van der Waals surface area contributed by atoms with E-state index in [9.17, 15) is 4.79 Å². The van der Waals surface area contributed by atoms with Crippen molar-refractivity contribution < 1.29 is 4.79 Å². The van der Waals surface area contributed by atoms with Gasteiger partial charge < -0.3 is 11.1 Å². The molecule has 28 heavy (non-hydrogen) atoms. The van der Waals surface area contributed by atoms with Crippen LogP contribution < -0.4 is 16.2 Å². The van der Waals surface area contributed by atoms with E-state index >= 15 is 0 Å². The minimum Gasteiger partial charge on any atom is -0.384 e. The van der Waals surface area contributed by atoms with Gasteiger partial charge in [-0.25, -0.2) is 0 Å². The van der Waals surface area contributed by atoms with Gasteiger partial charge in [0, 0.05) is 22.6 Å². The van der Waals surface area contributed by atoms with Crippen molar-refractivity contribution in [1.82, 2.24) is 5.32 Å². The monoisotopic (exact) mass is 390 g/mol. The lowest BCUT2D eigenvalue weighted by molar-refractivity contribution is 0.0951. The third kappa shape index (κ3) is 4.42. The van der Waals surface area contributed by atoms with Crippen molar-refractivity contribution in [2.75, 3.05) is 0 Å². The van der Waals surface area contributed by atoms with Gasteiger partial charge in [-0.3, -0.25) is 15.3 Å². The second-order valence-corrected chi connectivity index (χ2v) is 7.14. The molecular weight excluding hydrogens is 368 g/mol. The van der Waals surface area contributed by atoms with Crippen LogP contribution in [0, 0.1) is 12.3 Å². The first kappa shape index (κ1) is 19.7. The van der Waals surface area contributed by atoms with Crippen LogP contribution in [0.1, 0.15) is 27.0 Å². The molecule has 0 aliphatic heterocycles. The number of nitrogen functional groups attached to an aromatic ring is 1. The number of carbonyl (C=O) groups excluding carboxylic acids is 1. The molecule has 0 fully saturated rings. The van der Waals surface area contributed by atoms with Gasteiger partial charge in [-0.05, 0) is 59.3 Å². The maximum Gasteiger partial charge on any atom is 0.252 e. The van der Waals surface area contributed by atoms with Gasteiger partial charge in [0.2, 0.25) is 0 Å². The Hall–Kier alpha value is -3.09. The number of amidine groups is 1. The summed E-state index contributed by atoms with van der Waals surface area (Å²) >= 11 is 1.21. The zero-order valence-corrected chi connectivity index (χ0v) is 16.3. The zero-order chi connectivity index (χ0) is 20.1. The molecule has 0 atom stereocenters. The first-order valence-corrected chi connectivity index (χ1v) is 9.66. The minimum absolute atomic E-state index is 0.0268. The number of amides is 1. The van der Waals surface area contributed by atoms with E-state index in [-0.39, 0.29) is 11.7 Å². The largest absolute Gasteiger partial charge is 0.384 e. The second kappa shape index (κ2) is 8.73. The summed E-state index contributed by atoms with van der Waals surface area (Å²) in [6.07, 6.45) is 0. The molecule has 3 rings (SSSR count). The smallest absolute Gasteiger partial charge is 0.252 e. The van der Waals surface area contributed by atoms with Crippen molar-refractivity contribution in [1.29, 1.82) is 5.41 Å². The first-order valence-electron chi connectivity index (χ1n) is 8.78. The van der Waals surface area contributed by atoms with Crippen LogP contribution >= 0.6 is 11.9 Å². The Labute approximate surface area is 168 Å². The maximum absolute atomic E-state index is 12.8. The number of nitrogens with one attached hydrogen (secondary N) is 2. The Kier molecular flexibility index (Phi) is 6.13. The molecule has 1 amide bonds. The highest BCUT2D eigenvalue weighted by atomic mass is 32.2. The summed E-state index contributed by atoms with van der Waals surface area (Å²) in [5.41, 5.74) is 10.7. The van der Waals surface area contributed by atoms with E-state index in [1.54, 1.807) is 12.1 Å². The summed E-state index contributed by atoms with van der Waals surface area (Å²) in [6, 6.07) is 20.8. The van der Waals surface area contributed by atoms with Crippen LogP contribution in [0.2, 0.25) is 0 Å². The third-order valence-electron chi connectivity index (χ3n) is 4.51. The van der Waals surface area contributed by atoms with E-state index < -0.39 is 0 Å². The van der Waals surface area contributed by atoms with E-state index in [2.05, 4.69) is 5.32 Å². The Bertz CT molecular complexity index is 1020. The van der Waals surface area contributed by atoms with Crippen molar-refractivity contribution >= 4 is 23.7 Å². The second-order valence-electron chi connectivity index (χ2n) is 6.43. The summed E-state index contributed by atoms with van der Waals surface area (Å²) in [4.78, 5) is 13.8.